The smallest absolute Gasteiger partial charge is 0.00927 e. The van der Waals surface area contributed by atoms with E-state index in [0.29, 0.717) is 0 Å². The fourth-order valence-corrected chi connectivity index (χ4v) is 3.22. The van der Waals surface area contributed by atoms with Gasteiger partial charge in [0.05, 0.1) is 0 Å². The molecule has 2 nitrogen and oxygen atoms in total. The van der Waals surface area contributed by atoms with Gasteiger partial charge in [0.1, 0.15) is 0 Å². The second kappa shape index (κ2) is 6.61. The molecule has 0 aromatic carbocycles. The zero-order valence-electron chi connectivity index (χ0n) is 10.9. The van der Waals surface area contributed by atoms with Crippen molar-refractivity contribution in [1.29, 1.82) is 0 Å². The third-order valence-corrected chi connectivity index (χ3v) is 4.37. The second-order valence-electron chi connectivity index (χ2n) is 5.72. The molecule has 2 aliphatic rings. The van der Waals surface area contributed by atoms with E-state index >= 15 is 0 Å². The van der Waals surface area contributed by atoms with E-state index in [1.807, 2.05) is 0 Å². The summed E-state index contributed by atoms with van der Waals surface area (Å²) in [5.74, 6) is 0.912. The predicted molar refractivity (Wildman–Crippen MR) is 69.7 cm³/mol. The molecule has 1 N–H and O–H groups in total. The molecular formula is C14H28N2. The van der Waals surface area contributed by atoms with Crippen LogP contribution in [-0.2, 0) is 0 Å². The summed E-state index contributed by atoms with van der Waals surface area (Å²) in [6, 6.07) is 0.821. The lowest BCUT2D eigenvalue weighted by molar-refractivity contribution is 0.224. The van der Waals surface area contributed by atoms with Crippen LogP contribution >= 0.6 is 0 Å². The molecule has 1 aliphatic heterocycles. The molecule has 2 heteroatoms. The molecule has 1 aliphatic carbocycles. The molecule has 1 saturated heterocycles. The van der Waals surface area contributed by atoms with E-state index in [1.54, 1.807) is 0 Å². The van der Waals surface area contributed by atoms with E-state index < -0.39 is 0 Å². The minimum absolute atomic E-state index is 0.821. The molecule has 0 bridgehead atoms. The maximum Gasteiger partial charge on any atom is 0.00927 e. The Bertz CT molecular complexity index is 187. The van der Waals surface area contributed by atoms with Gasteiger partial charge in [0.2, 0.25) is 0 Å². The van der Waals surface area contributed by atoms with Gasteiger partial charge in [-0.2, -0.15) is 0 Å². The Morgan fingerprint density at radius 1 is 1.06 bits per heavy atom. The number of hydrogen-bond donors (Lipinski definition) is 1. The van der Waals surface area contributed by atoms with Crippen LogP contribution in [0.2, 0.25) is 0 Å². The van der Waals surface area contributed by atoms with Gasteiger partial charge in [0, 0.05) is 6.04 Å². The first-order valence-electron chi connectivity index (χ1n) is 7.32. The Morgan fingerprint density at radius 3 is 2.56 bits per heavy atom. The fourth-order valence-electron chi connectivity index (χ4n) is 3.22. The Kier molecular flexibility index (Phi) is 5.11. The summed E-state index contributed by atoms with van der Waals surface area (Å²) in [6.07, 6.45) is 9.91. The Labute approximate surface area is 101 Å². The summed E-state index contributed by atoms with van der Waals surface area (Å²) >= 11 is 0. The lowest BCUT2D eigenvalue weighted by Gasteiger charge is -2.26. The highest BCUT2D eigenvalue weighted by molar-refractivity contribution is 4.80. The molecule has 0 radical (unpaired) electrons. The van der Waals surface area contributed by atoms with Crippen molar-refractivity contribution in [2.75, 3.05) is 26.2 Å². The largest absolute Gasteiger partial charge is 0.314 e. The van der Waals surface area contributed by atoms with Gasteiger partial charge in [-0.1, -0.05) is 19.8 Å². The van der Waals surface area contributed by atoms with Crippen molar-refractivity contribution < 1.29 is 0 Å². The first kappa shape index (κ1) is 12.4. The number of likely N-dealkylation sites (tertiary alicyclic amines) is 1. The first-order chi connectivity index (χ1) is 7.86. The van der Waals surface area contributed by atoms with E-state index in [4.69, 9.17) is 0 Å². The summed E-state index contributed by atoms with van der Waals surface area (Å²) in [6.45, 7) is 7.63. The molecule has 0 amide bonds. The van der Waals surface area contributed by atoms with Crippen molar-refractivity contribution in [2.45, 2.75) is 57.9 Å². The third kappa shape index (κ3) is 3.74. The Balaban J connectivity index is 1.51. The maximum atomic E-state index is 3.74. The average molecular weight is 224 g/mol. The number of hydrogen-bond acceptors (Lipinski definition) is 2. The van der Waals surface area contributed by atoms with Crippen molar-refractivity contribution in [3.8, 4) is 0 Å². The average Bonchev–Trinajstić information content (AvgIpc) is 2.72. The van der Waals surface area contributed by atoms with Crippen molar-refractivity contribution >= 4 is 0 Å². The van der Waals surface area contributed by atoms with Crippen LogP contribution in [0.4, 0.5) is 0 Å². The monoisotopic (exact) mass is 224 g/mol. The number of rotatable bonds is 5. The fraction of sp³-hybridized carbons (Fsp3) is 1.00. The van der Waals surface area contributed by atoms with Crippen LogP contribution < -0.4 is 5.32 Å². The van der Waals surface area contributed by atoms with E-state index in [2.05, 4.69) is 17.1 Å². The summed E-state index contributed by atoms with van der Waals surface area (Å²) in [5.41, 5.74) is 0. The quantitative estimate of drug-likeness (QED) is 0.722. The summed E-state index contributed by atoms with van der Waals surface area (Å²) in [7, 11) is 0. The molecule has 16 heavy (non-hydrogen) atoms. The van der Waals surface area contributed by atoms with Gasteiger partial charge in [-0.15, -0.1) is 0 Å². The molecule has 2 rings (SSSR count). The molecule has 0 aromatic rings. The highest BCUT2D eigenvalue weighted by Crippen LogP contribution is 2.24. The summed E-state index contributed by atoms with van der Waals surface area (Å²) in [5, 5.41) is 3.74. The zero-order chi connectivity index (χ0) is 11.2. The second-order valence-corrected chi connectivity index (χ2v) is 5.72. The maximum absolute atomic E-state index is 3.74. The van der Waals surface area contributed by atoms with Gasteiger partial charge in [0.25, 0.3) is 0 Å². The van der Waals surface area contributed by atoms with Crippen molar-refractivity contribution in [1.82, 2.24) is 10.2 Å². The van der Waals surface area contributed by atoms with Crippen LogP contribution in [0.25, 0.3) is 0 Å². The minimum atomic E-state index is 0.821. The molecule has 94 valence electrons. The van der Waals surface area contributed by atoms with Crippen LogP contribution in [0.1, 0.15) is 51.9 Å². The van der Waals surface area contributed by atoms with Gasteiger partial charge in [0.15, 0.2) is 0 Å². The molecule has 0 spiro atoms. The highest BCUT2D eigenvalue weighted by Gasteiger charge is 2.22. The van der Waals surface area contributed by atoms with Gasteiger partial charge < -0.3 is 10.2 Å². The first-order valence-corrected chi connectivity index (χ1v) is 7.32. The van der Waals surface area contributed by atoms with E-state index in [-0.39, 0.29) is 0 Å². The molecule has 1 heterocycles. The van der Waals surface area contributed by atoms with E-state index in [1.165, 1.54) is 71.1 Å². The van der Waals surface area contributed by atoms with Gasteiger partial charge in [-0.25, -0.2) is 0 Å². The summed E-state index contributed by atoms with van der Waals surface area (Å²) in [4.78, 5) is 2.64. The predicted octanol–water partition coefficient (Wildman–Crippen LogP) is 2.64. The summed E-state index contributed by atoms with van der Waals surface area (Å²) < 4.78 is 0. The van der Waals surface area contributed by atoms with Gasteiger partial charge in [-0.05, 0) is 64.2 Å². The van der Waals surface area contributed by atoms with Gasteiger partial charge >= 0.3 is 0 Å². The highest BCUT2D eigenvalue weighted by atomic mass is 15.1. The van der Waals surface area contributed by atoms with Crippen LogP contribution in [0, 0.1) is 5.92 Å². The van der Waals surface area contributed by atoms with Crippen LogP contribution in [0.3, 0.4) is 0 Å². The minimum Gasteiger partial charge on any atom is -0.314 e. The molecule has 1 saturated carbocycles. The third-order valence-electron chi connectivity index (χ3n) is 4.37. The number of nitrogens with zero attached hydrogens (tertiary/aromatic N) is 1. The Hall–Kier alpha value is -0.0800. The molecular weight excluding hydrogens is 196 g/mol. The molecule has 2 atom stereocenters. The number of nitrogens with one attached hydrogen (secondary N) is 1. The number of piperidine rings is 1. The lowest BCUT2D eigenvalue weighted by atomic mass is 10.1. The van der Waals surface area contributed by atoms with Gasteiger partial charge in [-0.3, -0.25) is 0 Å². The van der Waals surface area contributed by atoms with Crippen molar-refractivity contribution in [3.63, 3.8) is 0 Å². The van der Waals surface area contributed by atoms with E-state index in [9.17, 15) is 0 Å². The standard InChI is InChI=1S/C14H28N2/c1-13-7-5-8-14(13)15-9-6-12-16-10-3-2-4-11-16/h13-15H,2-12H2,1H3. The molecule has 2 fully saturated rings. The lowest BCUT2D eigenvalue weighted by Crippen LogP contribution is -2.35. The topological polar surface area (TPSA) is 15.3 Å². The van der Waals surface area contributed by atoms with E-state index in [0.717, 1.165) is 12.0 Å². The Morgan fingerprint density at radius 2 is 1.88 bits per heavy atom. The normalized spacial score (nSPS) is 32.1. The van der Waals surface area contributed by atoms with Crippen LogP contribution in [0.5, 0.6) is 0 Å². The van der Waals surface area contributed by atoms with Crippen LogP contribution in [-0.4, -0.2) is 37.1 Å². The molecule has 2 unspecified atom stereocenters. The molecule has 0 aromatic heterocycles. The van der Waals surface area contributed by atoms with Crippen molar-refractivity contribution in [3.05, 3.63) is 0 Å². The zero-order valence-corrected chi connectivity index (χ0v) is 10.9. The SMILES string of the molecule is CC1CCCC1NCCCN1CCCCC1. The van der Waals surface area contributed by atoms with Crippen LogP contribution in [0.15, 0.2) is 0 Å². The van der Waals surface area contributed by atoms with Crippen molar-refractivity contribution in [2.24, 2.45) is 5.92 Å².